The number of ether oxygens (including phenoxy) is 1. The molecule has 2 heterocycles. The number of carbonyl (C=O) groups excluding carboxylic acids is 1. The lowest BCUT2D eigenvalue weighted by Gasteiger charge is -2.33. The maximum Gasteiger partial charge on any atom is 0.341 e. The summed E-state index contributed by atoms with van der Waals surface area (Å²) in [5, 5.41) is 16.4. The van der Waals surface area contributed by atoms with E-state index in [1.165, 1.54) is 16.2 Å². The second-order valence-corrected chi connectivity index (χ2v) is 11.4. The zero-order chi connectivity index (χ0) is 24.3. The molecule has 1 aliphatic carbocycles. The summed E-state index contributed by atoms with van der Waals surface area (Å²) in [5.41, 5.74) is 4.22. The number of nitriles is 1. The van der Waals surface area contributed by atoms with Crippen molar-refractivity contribution in [3.05, 3.63) is 62.9 Å². The molecule has 0 unspecified atom stereocenters. The number of thiophene rings is 1. The predicted molar refractivity (Wildman–Crippen MR) is 140 cm³/mol. The number of benzene rings is 1. The number of nitrogens with zero attached hydrogens (tertiary/aromatic N) is 2. The van der Waals surface area contributed by atoms with Crippen LogP contribution in [0.3, 0.4) is 0 Å². The number of hydrogen-bond donors (Lipinski definition) is 1. The molecule has 0 amide bonds. The summed E-state index contributed by atoms with van der Waals surface area (Å²) >= 11 is 3.03. The van der Waals surface area contributed by atoms with Crippen molar-refractivity contribution in [2.75, 3.05) is 11.9 Å². The van der Waals surface area contributed by atoms with Gasteiger partial charge in [0.15, 0.2) is 0 Å². The molecular formula is C27H29N3O2S2. The van der Waals surface area contributed by atoms with Crippen molar-refractivity contribution in [1.29, 1.82) is 5.26 Å². The predicted octanol–water partition coefficient (Wildman–Crippen LogP) is 7.18. The largest absolute Gasteiger partial charge is 0.462 e. The zero-order valence-corrected chi connectivity index (χ0v) is 21.6. The standard InChI is InChI=1S/C27H29N3O2S2/c1-5-32-26(31)23-20-12-11-19(27(2,3)4)13-22(20)34-25(23)29-15-18(14-28)24-30-21(16-33-24)17-9-7-6-8-10-17/h6-10,15-16,19,29H,5,11-13H2,1-4H3/b18-15-/t19-/m0/s1. The number of allylic oxidation sites excluding steroid dienone is 1. The minimum atomic E-state index is -0.302. The van der Waals surface area contributed by atoms with Crippen LogP contribution in [0.5, 0.6) is 0 Å². The summed E-state index contributed by atoms with van der Waals surface area (Å²) in [6.45, 7) is 8.98. The van der Waals surface area contributed by atoms with Gasteiger partial charge in [0.1, 0.15) is 21.7 Å². The molecule has 1 atom stereocenters. The Labute approximate surface area is 209 Å². The van der Waals surface area contributed by atoms with Crippen molar-refractivity contribution < 1.29 is 9.53 Å². The Kier molecular flexibility index (Phi) is 7.20. The Bertz CT molecular complexity index is 1240. The molecule has 0 fully saturated rings. The lowest BCUT2D eigenvalue weighted by atomic mass is 9.72. The van der Waals surface area contributed by atoms with Gasteiger partial charge in [-0.05, 0) is 43.1 Å². The number of rotatable bonds is 6. The minimum absolute atomic E-state index is 0.217. The van der Waals surface area contributed by atoms with Gasteiger partial charge in [-0.15, -0.1) is 22.7 Å². The van der Waals surface area contributed by atoms with Gasteiger partial charge >= 0.3 is 5.97 Å². The Morgan fingerprint density at radius 1 is 1.32 bits per heavy atom. The molecule has 3 aromatic rings. The summed E-state index contributed by atoms with van der Waals surface area (Å²) < 4.78 is 5.39. The number of esters is 1. The average Bonchev–Trinajstić information content (AvgIpc) is 3.44. The number of fused-ring (bicyclic) bond motifs is 1. The highest BCUT2D eigenvalue weighted by atomic mass is 32.1. The second kappa shape index (κ2) is 10.1. The van der Waals surface area contributed by atoms with Crippen LogP contribution in [-0.2, 0) is 17.6 Å². The van der Waals surface area contributed by atoms with E-state index >= 15 is 0 Å². The van der Waals surface area contributed by atoms with Crippen LogP contribution >= 0.6 is 22.7 Å². The quantitative estimate of drug-likeness (QED) is 0.292. The molecule has 0 saturated carbocycles. The smallest absolute Gasteiger partial charge is 0.341 e. The van der Waals surface area contributed by atoms with Gasteiger partial charge in [-0.2, -0.15) is 5.26 Å². The molecule has 34 heavy (non-hydrogen) atoms. The fourth-order valence-corrected chi connectivity index (χ4v) is 6.34. The lowest BCUT2D eigenvalue weighted by molar-refractivity contribution is 0.0526. The number of thiazole rings is 1. The second-order valence-electron chi connectivity index (χ2n) is 9.45. The van der Waals surface area contributed by atoms with E-state index in [0.29, 0.717) is 28.7 Å². The highest BCUT2D eigenvalue weighted by Crippen LogP contribution is 2.44. The Morgan fingerprint density at radius 2 is 2.09 bits per heavy atom. The first-order chi connectivity index (χ1) is 16.3. The number of hydrogen-bond acceptors (Lipinski definition) is 7. The van der Waals surface area contributed by atoms with Crippen molar-refractivity contribution in [2.45, 2.75) is 47.0 Å². The van der Waals surface area contributed by atoms with Crippen LogP contribution in [0.15, 0.2) is 41.9 Å². The van der Waals surface area contributed by atoms with Gasteiger partial charge in [-0.1, -0.05) is 51.1 Å². The number of nitrogens with one attached hydrogen (secondary N) is 1. The van der Waals surface area contributed by atoms with Crippen molar-refractivity contribution in [1.82, 2.24) is 4.98 Å². The molecule has 0 radical (unpaired) electrons. The molecule has 0 bridgehead atoms. The summed E-state index contributed by atoms with van der Waals surface area (Å²) in [7, 11) is 0. The fraction of sp³-hybridized carbons (Fsp3) is 0.370. The monoisotopic (exact) mass is 491 g/mol. The van der Waals surface area contributed by atoms with E-state index in [9.17, 15) is 10.1 Å². The molecule has 7 heteroatoms. The first-order valence-corrected chi connectivity index (χ1v) is 13.2. The highest BCUT2D eigenvalue weighted by molar-refractivity contribution is 7.16. The lowest BCUT2D eigenvalue weighted by Crippen LogP contribution is -2.26. The summed E-state index contributed by atoms with van der Waals surface area (Å²) in [5.74, 6) is 0.266. The molecule has 1 aromatic carbocycles. The van der Waals surface area contributed by atoms with E-state index in [0.717, 1.165) is 41.1 Å². The van der Waals surface area contributed by atoms with Crippen LogP contribution in [0.4, 0.5) is 5.00 Å². The number of carbonyl (C=O) groups is 1. The van der Waals surface area contributed by atoms with Gasteiger partial charge in [-0.3, -0.25) is 0 Å². The molecule has 1 aliphatic rings. The van der Waals surface area contributed by atoms with Crippen molar-refractivity contribution in [3.8, 4) is 17.3 Å². The van der Waals surface area contributed by atoms with Gasteiger partial charge in [0.05, 0.1) is 17.9 Å². The number of anilines is 1. The van der Waals surface area contributed by atoms with Crippen LogP contribution in [0.1, 0.15) is 59.9 Å². The molecule has 5 nitrogen and oxygen atoms in total. The normalized spacial score (nSPS) is 16.0. The number of aromatic nitrogens is 1. The maximum absolute atomic E-state index is 12.9. The molecule has 0 spiro atoms. The fourth-order valence-electron chi connectivity index (χ4n) is 4.26. The summed E-state index contributed by atoms with van der Waals surface area (Å²) in [6, 6.07) is 12.2. The molecule has 0 aliphatic heterocycles. The Hall–Kier alpha value is -2.95. The van der Waals surface area contributed by atoms with Crippen LogP contribution in [0.2, 0.25) is 0 Å². The van der Waals surface area contributed by atoms with E-state index < -0.39 is 0 Å². The van der Waals surface area contributed by atoms with Crippen molar-refractivity contribution >= 4 is 39.2 Å². The van der Waals surface area contributed by atoms with Crippen molar-refractivity contribution in [2.24, 2.45) is 11.3 Å². The molecule has 0 saturated heterocycles. The topological polar surface area (TPSA) is 75.0 Å². The van der Waals surface area contributed by atoms with Crippen LogP contribution in [-0.4, -0.2) is 17.6 Å². The highest BCUT2D eigenvalue weighted by Gasteiger charge is 2.34. The minimum Gasteiger partial charge on any atom is -0.462 e. The van der Waals surface area contributed by atoms with Gasteiger partial charge in [0.2, 0.25) is 0 Å². The molecular weight excluding hydrogens is 462 g/mol. The van der Waals surface area contributed by atoms with E-state index in [1.54, 1.807) is 17.5 Å². The SMILES string of the molecule is CCOC(=O)c1c(N/C=C(/C#N)c2nc(-c3ccccc3)cs2)sc2c1CC[C@H](C(C)(C)C)C2. The molecule has 4 rings (SSSR count). The molecule has 176 valence electrons. The van der Waals surface area contributed by atoms with Gasteiger partial charge < -0.3 is 10.1 Å². The van der Waals surface area contributed by atoms with Crippen molar-refractivity contribution in [3.63, 3.8) is 0 Å². The summed E-state index contributed by atoms with van der Waals surface area (Å²) in [6.07, 6.45) is 4.54. The Morgan fingerprint density at radius 3 is 2.76 bits per heavy atom. The first kappa shape index (κ1) is 24.2. The average molecular weight is 492 g/mol. The first-order valence-electron chi connectivity index (χ1n) is 11.5. The van der Waals surface area contributed by atoms with Gasteiger partial charge in [-0.25, -0.2) is 9.78 Å². The maximum atomic E-state index is 12.9. The Balaban J connectivity index is 1.64. The third-order valence-electron chi connectivity index (χ3n) is 6.24. The molecule has 1 N–H and O–H groups in total. The van der Waals surface area contributed by atoms with Crippen LogP contribution in [0, 0.1) is 22.7 Å². The van der Waals surface area contributed by atoms with Gasteiger partial charge in [0.25, 0.3) is 0 Å². The van der Waals surface area contributed by atoms with Crippen LogP contribution in [0.25, 0.3) is 16.8 Å². The van der Waals surface area contributed by atoms with E-state index in [2.05, 4.69) is 37.1 Å². The zero-order valence-electron chi connectivity index (χ0n) is 20.0. The third kappa shape index (κ3) is 5.08. The third-order valence-corrected chi connectivity index (χ3v) is 8.30. The van der Waals surface area contributed by atoms with Crippen LogP contribution < -0.4 is 5.32 Å². The van der Waals surface area contributed by atoms with E-state index in [4.69, 9.17) is 4.74 Å². The summed E-state index contributed by atoms with van der Waals surface area (Å²) in [4.78, 5) is 18.8. The van der Waals surface area contributed by atoms with E-state index in [-0.39, 0.29) is 11.4 Å². The van der Waals surface area contributed by atoms with E-state index in [1.807, 2.05) is 42.6 Å². The van der Waals surface area contributed by atoms with Gasteiger partial charge in [0, 0.05) is 22.0 Å². The molecule has 2 aromatic heterocycles.